The fourth-order valence-corrected chi connectivity index (χ4v) is 4.40. The number of hydrogen-bond donors (Lipinski definition) is 2. The molecule has 1 saturated heterocycles. The molecule has 2 aromatic rings. The molecular weight excluding hydrogens is 467 g/mol. The van der Waals surface area contributed by atoms with Crippen molar-refractivity contribution in [1.82, 2.24) is 9.80 Å². The quantitative estimate of drug-likeness (QED) is 0.348. The number of rotatable bonds is 6. The van der Waals surface area contributed by atoms with Crippen molar-refractivity contribution in [2.75, 3.05) is 44.2 Å². The number of phenolic OH excluding ortho intramolecular Hbond substituents is 1. The van der Waals surface area contributed by atoms with Gasteiger partial charge in [-0.25, -0.2) is 4.79 Å². The summed E-state index contributed by atoms with van der Waals surface area (Å²) in [5.74, 6) is 0.874. The van der Waals surface area contributed by atoms with Crippen molar-refractivity contribution in [3.05, 3.63) is 52.5 Å². The van der Waals surface area contributed by atoms with E-state index in [2.05, 4.69) is 4.90 Å². The van der Waals surface area contributed by atoms with Crippen molar-refractivity contribution in [2.45, 2.75) is 17.7 Å². The van der Waals surface area contributed by atoms with Gasteiger partial charge in [0.05, 0.1) is 11.3 Å². The third-order valence-corrected chi connectivity index (χ3v) is 6.15. The number of amides is 1. The molecule has 3 rings (SSSR count). The number of ether oxygens (including phenoxy) is 1. The van der Waals surface area contributed by atoms with Crippen molar-refractivity contribution < 1.29 is 27.8 Å². The van der Waals surface area contributed by atoms with Crippen molar-refractivity contribution >= 4 is 35.1 Å². The van der Waals surface area contributed by atoms with Gasteiger partial charge >= 0.3 is 12.3 Å². The number of nitrogens with two attached hydrogens (primary N) is 1. The highest BCUT2D eigenvalue weighted by Crippen LogP contribution is 2.32. The zero-order valence-corrected chi connectivity index (χ0v) is 18.6. The molecule has 0 saturated carbocycles. The van der Waals surface area contributed by atoms with Crippen LogP contribution in [0, 0.1) is 0 Å². The van der Waals surface area contributed by atoms with Crippen molar-refractivity contribution in [3.63, 3.8) is 0 Å². The lowest BCUT2D eigenvalue weighted by atomic mass is 10.1. The van der Waals surface area contributed by atoms with Gasteiger partial charge in [-0.2, -0.15) is 13.2 Å². The van der Waals surface area contributed by atoms with Gasteiger partial charge < -0.3 is 20.5 Å². The van der Waals surface area contributed by atoms with Gasteiger partial charge in [0, 0.05) is 48.4 Å². The monoisotopic (exact) mass is 489 g/mol. The molecule has 1 amide bonds. The molecule has 0 aromatic heterocycles. The Morgan fingerprint density at radius 3 is 2.53 bits per heavy atom. The average molecular weight is 490 g/mol. The summed E-state index contributed by atoms with van der Waals surface area (Å²) in [5, 5.41) is 9.59. The van der Waals surface area contributed by atoms with Gasteiger partial charge in [0.1, 0.15) is 12.4 Å². The van der Waals surface area contributed by atoms with Crippen LogP contribution in [0.2, 0.25) is 5.02 Å². The number of thioether (sulfide) groups is 1. The lowest BCUT2D eigenvalue weighted by Gasteiger charge is -2.34. The number of nitrogen functional groups attached to an aromatic ring is 1. The molecule has 2 aromatic carbocycles. The topological polar surface area (TPSA) is 79.0 Å². The Bertz CT molecular complexity index is 954. The molecule has 11 heteroatoms. The molecule has 1 fully saturated rings. The summed E-state index contributed by atoms with van der Waals surface area (Å²) in [6, 6.07) is 8.25. The average Bonchev–Trinajstić information content (AvgIpc) is 2.74. The molecule has 0 aliphatic carbocycles. The molecular formula is C21H23ClF3N3O3S. The Balaban J connectivity index is 1.41. The Hall–Kier alpha value is -2.30. The Morgan fingerprint density at radius 2 is 1.88 bits per heavy atom. The summed E-state index contributed by atoms with van der Waals surface area (Å²) >= 11 is 7.36. The van der Waals surface area contributed by atoms with Gasteiger partial charge in [0.2, 0.25) is 0 Å². The number of hydrogen-bond acceptors (Lipinski definition) is 6. The van der Waals surface area contributed by atoms with Crippen LogP contribution in [-0.4, -0.2) is 59.5 Å². The Labute approximate surface area is 193 Å². The van der Waals surface area contributed by atoms with Gasteiger partial charge in [0.25, 0.3) is 0 Å². The minimum Gasteiger partial charge on any atom is -0.506 e. The highest BCUT2D eigenvalue weighted by Gasteiger charge is 2.31. The molecule has 174 valence electrons. The highest BCUT2D eigenvalue weighted by atomic mass is 35.5. The number of nitrogens with zero attached hydrogens (tertiary/aromatic N) is 2. The van der Waals surface area contributed by atoms with E-state index in [0.717, 1.165) is 29.3 Å². The van der Waals surface area contributed by atoms with Crippen molar-refractivity contribution in [2.24, 2.45) is 0 Å². The van der Waals surface area contributed by atoms with Crippen LogP contribution in [-0.2, 0) is 17.5 Å². The van der Waals surface area contributed by atoms with E-state index < -0.39 is 17.8 Å². The molecule has 0 bridgehead atoms. The maximum absolute atomic E-state index is 12.9. The number of piperazine rings is 1. The van der Waals surface area contributed by atoms with Crippen LogP contribution in [0.5, 0.6) is 5.75 Å². The standard InChI is InChI=1S/C21H23ClF3N3O3S/c22-16-10-14(9-15(11-16)21(23,24)25)13-31-20(30)28-5-3-27(4-6-28)7-8-32-17-1-2-18(26)19(29)12-17/h1-2,9-12,29H,3-8,13,26H2. The number of phenols is 1. The SMILES string of the molecule is Nc1ccc(SCCN2CCN(C(=O)OCc3cc(Cl)cc(C(F)(F)F)c3)CC2)cc1O. The van der Waals surface area contributed by atoms with Crippen LogP contribution in [0.1, 0.15) is 11.1 Å². The van der Waals surface area contributed by atoms with E-state index in [-0.39, 0.29) is 22.9 Å². The predicted molar refractivity (Wildman–Crippen MR) is 118 cm³/mol. The molecule has 0 radical (unpaired) electrons. The van der Waals surface area contributed by atoms with Crippen LogP contribution in [0.25, 0.3) is 0 Å². The third kappa shape index (κ3) is 6.85. The predicted octanol–water partition coefficient (Wildman–Crippen LogP) is 4.69. The molecule has 1 aliphatic rings. The third-order valence-electron chi connectivity index (χ3n) is 4.96. The number of aromatic hydroxyl groups is 1. The van der Waals surface area contributed by atoms with E-state index in [1.54, 1.807) is 23.9 Å². The number of carbonyl (C=O) groups excluding carboxylic acids is 1. The van der Waals surface area contributed by atoms with Crippen LogP contribution < -0.4 is 5.73 Å². The lowest BCUT2D eigenvalue weighted by molar-refractivity contribution is -0.137. The molecule has 1 aliphatic heterocycles. The number of carbonyl (C=O) groups is 1. The first-order valence-corrected chi connectivity index (χ1v) is 11.2. The van der Waals surface area contributed by atoms with Gasteiger partial charge in [-0.3, -0.25) is 4.90 Å². The molecule has 32 heavy (non-hydrogen) atoms. The molecule has 0 atom stereocenters. The normalized spacial score (nSPS) is 15.1. The maximum atomic E-state index is 12.9. The van der Waals surface area contributed by atoms with Crippen LogP contribution in [0.15, 0.2) is 41.3 Å². The summed E-state index contributed by atoms with van der Waals surface area (Å²) < 4.78 is 43.9. The van der Waals surface area contributed by atoms with E-state index in [9.17, 15) is 23.1 Å². The van der Waals surface area contributed by atoms with E-state index in [4.69, 9.17) is 22.1 Å². The smallest absolute Gasteiger partial charge is 0.416 e. The number of anilines is 1. The lowest BCUT2D eigenvalue weighted by Crippen LogP contribution is -2.49. The van der Waals surface area contributed by atoms with Gasteiger partial charge in [-0.1, -0.05) is 11.6 Å². The number of halogens is 4. The van der Waals surface area contributed by atoms with Gasteiger partial charge in [-0.05, 0) is 42.0 Å². The molecule has 0 spiro atoms. The van der Waals surface area contributed by atoms with E-state index in [1.807, 2.05) is 6.07 Å². The van der Waals surface area contributed by atoms with Gasteiger partial charge in [0.15, 0.2) is 0 Å². The van der Waals surface area contributed by atoms with Crippen LogP contribution in [0.3, 0.4) is 0 Å². The van der Waals surface area contributed by atoms with E-state index in [1.165, 1.54) is 11.0 Å². The fourth-order valence-electron chi connectivity index (χ4n) is 3.19. The molecule has 3 N–H and O–H groups in total. The minimum absolute atomic E-state index is 0.0634. The minimum atomic E-state index is -4.52. The van der Waals surface area contributed by atoms with Crippen molar-refractivity contribution in [3.8, 4) is 5.75 Å². The molecule has 6 nitrogen and oxygen atoms in total. The Morgan fingerprint density at radius 1 is 1.16 bits per heavy atom. The summed E-state index contributed by atoms with van der Waals surface area (Å²) in [6.45, 7) is 2.79. The molecule has 0 unspecified atom stereocenters. The van der Waals surface area contributed by atoms with Crippen LogP contribution in [0.4, 0.5) is 23.7 Å². The largest absolute Gasteiger partial charge is 0.506 e. The summed E-state index contributed by atoms with van der Waals surface area (Å²) in [6.07, 6.45) is -5.09. The molecule has 1 heterocycles. The zero-order chi connectivity index (χ0) is 23.3. The summed E-state index contributed by atoms with van der Waals surface area (Å²) in [5.41, 5.74) is 5.24. The van der Waals surface area contributed by atoms with E-state index in [0.29, 0.717) is 31.9 Å². The second kappa shape index (κ2) is 10.5. The number of alkyl halides is 3. The Kier molecular flexibility index (Phi) is 8.02. The first-order valence-electron chi connectivity index (χ1n) is 9.84. The first-order chi connectivity index (χ1) is 15.1. The van der Waals surface area contributed by atoms with Gasteiger partial charge in [-0.15, -0.1) is 11.8 Å². The maximum Gasteiger partial charge on any atom is 0.416 e. The van der Waals surface area contributed by atoms with Crippen LogP contribution >= 0.6 is 23.4 Å². The second-order valence-electron chi connectivity index (χ2n) is 7.30. The zero-order valence-electron chi connectivity index (χ0n) is 17.1. The summed E-state index contributed by atoms with van der Waals surface area (Å²) in [7, 11) is 0. The van der Waals surface area contributed by atoms with E-state index >= 15 is 0 Å². The first kappa shape index (κ1) is 24.3. The number of benzene rings is 2. The highest BCUT2D eigenvalue weighted by molar-refractivity contribution is 7.99. The summed E-state index contributed by atoms with van der Waals surface area (Å²) in [4.78, 5) is 17.0. The fraction of sp³-hybridized carbons (Fsp3) is 0.381. The van der Waals surface area contributed by atoms with Crippen molar-refractivity contribution in [1.29, 1.82) is 0 Å². The second-order valence-corrected chi connectivity index (χ2v) is 8.90.